The van der Waals surface area contributed by atoms with Gasteiger partial charge >= 0.3 is 12.0 Å². The maximum absolute atomic E-state index is 12.4. The Kier molecular flexibility index (Phi) is 5.57. The highest BCUT2D eigenvalue weighted by atomic mass is 32.2. The molecule has 1 aliphatic carbocycles. The molecule has 1 saturated heterocycles. The van der Waals surface area contributed by atoms with E-state index in [4.69, 9.17) is 5.11 Å². The van der Waals surface area contributed by atoms with Crippen LogP contribution in [0.5, 0.6) is 0 Å². The normalized spacial score (nSPS) is 30.2. The molecule has 114 valence electrons. The fourth-order valence-corrected chi connectivity index (χ4v) is 4.02. The van der Waals surface area contributed by atoms with Crippen LogP contribution in [0.25, 0.3) is 0 Å². The summed E-state index contributed by atoms with van der Waals surface area (Å²) in [4.78, 5) is 25.0. The van der Waals surface area contributed by atoms with Crippen molar-refractivity contribution in [1.82, 2.24) is 10.2 Å². The van der Waals surface area contributed by atoms with Gasteiger partial charge in [0.25, 0.3) is 0 Å². The summed E-state index contributed by atoms with van der Waals surface area (Å²) >= 11 is 1.87. The molecule has 2 N–H and O–H groups in total. The van der Waals surface area contributed by atoms with Gasteiger partial charge < -0.3 is 15.3 Å². The molecule has 3 atom stereocenters. The van der Waals surface area contributed by atoms with Crippen LogP contribution in [0.2, 0.25) is 0 Å². The molecule has 0 aromatic carbocycles. The molecule has 20 heavy (non-hydrogen) atoms. The van der Waals surface area contributed by atoms with Crippen molar-refractivity contribution in [2.75, 3.05) is 12.8 Å². The zero-order valence-electron chi connectivity index (χ0n) is 12.0. The Morgan fingerprint density at radius 3 is 2.75 bits per heavy atom. The number of thioether (sulfide) groups is 1. The van der Waals surface area contributed by atoms with Crippen molar-refractivity contribution >= 4 is 23.8 Å². The van der Waals surface area contributed by atoms with Crippen LogP contribution in [0.4, 0.5) is 4.79 Å². The van der Waals surface area contributed by atoms with Crippen LogP contribution in [0.3, 0.4) is 0 Å². The Morgan fingerprint density at radius 2 is 2.10 bits per heavy atom. The monoisotopic (exact) mass is 300 g/mol. The average molecular weight is 300 g/mol. The number of amides is 2. The molecule has 2 amide bonds. The van der Waals surface area contributed by atoms with Gasteiger partial charge in [0.1, 0.15) is 0 Å². The summed E-state index contributed by atoms with van der Waals surface area (Å²) < 4.78 is 0. The van der Waals surface area contributed by atoms with Crippen molar-refractivity contribution in [3.05, 3.63) is 0 Å². The Labute approximate surface area is 124 Å². The van der Waals surface area contributed by atoms with E-state index in [1.807, 2.05) is 11.8 Å². The molecule has 1 aliphatic heterocycles. The summed E-state index contributed by atoms with van der Waals surface area (Å²) in [5.41, 5.74) is 0. The number of hydrogen-bond acceptors (Lipinski definition) is 3. The number of nitrogens with one attached hydrogen (secondary N) is 1. The van der Waals surface area contributed by atoms with Crippen LogP contribution in [0.15, 0.2) is 0 Å². The van der Waals surface area contributed by atoms with Crippen LogP contribution in [-0.2, 0) is 4.79 Å². The highest BCUT2D eigenvalue weighted by Crippen LogP contribution is 2.28. The molecule has 0 aromatic heterocycles. The number of carbonyl (C=O) groups is 2. The number of carboxylic acid groups (broad SMARTS) is 1. The van der Waals surface area contributed by atoms with E-state index in [0.717, 1.165) is 38.5 Å². The molecule has 1 saturated carbocycles. The van der Waals surface area contributed by atoms with E-state index in [9.17, 15) is 9.59 Å². The molecule has 1 heterocycles. The zero-order valence-corrected chi connectivity index (χ0v) is 12.8. The predicted molar refractivity (Wildman–Crippen MR) is 80.1 cm³/mol. The van der Waals surface area contributed by atoms with Gasteiger partial charge in [-0.05, 0) is 44.8 Å². The molecule has 5 nitrogen and oxygen atoms in total. The van der Waals surface area contributed by atoms with Crippen LogP contribution >= 0.6 is 11.8 Å². The SMILES string of the molecule is CSC1CCC(NC(=O)N2CCCCC2CC(=O)O)C1. The quantitative estimate of drug-likeness (QED) is 0.836. The van der Waals surface area contributed by atoms with E-state index < -0.39 is 5.97 Å². The maximum atomic E-state index is 12.4. The van der Waals surface area contributed by atoms with Gasteiger partial charge in [0.15, 0.2) is 0 Å². The Morgan fingerprint density at radius 1 is 1.30 bits per heavy atom. The second-order valence-electron chi connectivity index (χ2n) is 5.76. The molecule has 2 fully saturated rings. The Balaban J connectivity index is 1.87. The van der Waals surface area contributed by atoms with E-state index >= 15 is 0 Å². The molecule has 2 rings (SSSR count). The lowest BCUT2D eigenvalue weighted by molar-refractivity contribution is -0.138. The number of rotatable bonds is 4. The Bertz CT molecular complexity index is 364. The van der Waals surface area contributed by atoms with Gasteiger partial charge in [0.2, 0.25) is 0 Å². The number of likely N-dealkylation sites (tertiary alicyclic amines) is 1. The van der Waals surface area contributed by atoms with Crippen molar-refractivity contribution in [3.63, 3.8) is 0 Å². The first-order valence-electron chi connectivity index (χ1n) is 7.42. The van der Waals surface area contributed by atoms with Crippen LogP contribution in [0, 0.1) is 0 Å². The highest BCUT2D eigenvalue weighted by molar-refractivity contribution is 7.99. The number of hydrogen-bond donors (Lipinski definition) is 2. The summed E-state index contributed by atoms with van der Waals surface area (Å²) in [6, 6.07) is 0.0501. The molecular weight excluding hydrogens is 276 g/mol. The van der Waals surface area contributed by atoms with E-state index in [2.05, 4.69) is 11.6 Å². The lowest BCUT2D eigenvalue weighted by Gasteiger charge is -2.35. The van der Waals surface area contributed by atoms with Crippen molar-refractivity contribution in [2.45, 2.75) is 62.3 Å². The molecule has 0 aromatic rings. The van der Waals surface area contributed by atoms with Gasteiger partial charge in [-0.3, -0.25) is 4.79 Å². The first-order valence-corrected chi connectivity index (χ1v) is 8.70. The molecule has 3 unspecified atom stereocenters. The fourth-order valence-electron chi connectivity index (χ4n) is 3.22. The summed E-state index contributed by atoms with van der Waals surface area (Å²) in [6.07, 6.45) is 8.19. The fraction of sp³-hybridized carbons (Fsp3) is 0.857. The molecule has 0 bridgehead atoms. The minimum absolute atomic E-state index is 0.0610. The molecule has 2 aliphatic rings. The van der Waals surface area contributed by atoms with Gasteiger partial charge in [-0.15, -0.1) is 0 Å². The number of nitrogens with zero attached hydrogens (tertiary/aromatic N) is 1. The van der Waals surface area contributed by atoms with Gasteiger partial charge in [0, 0.05) is 23.9 Å². The number of carbonyl (C=O) groups excluding carboxylic acids is 1. The third kappa shape index (κ3) is 4.04. The lowest BCUT2D eigenvalue weighted by atomic mass is 10.00. The summed E-state index contributed by atoms with van der Waals surface area (Å²) in [5, 5.41) is 12.7. The van der Waals surface area contributed by atoms with E-state index in [-0.39, 0.29) is 24.5 Å². The zero-order chi connectivity index (χ0) is 14.5. The standard InChI is InChI=1S/C14H24N2O3S/c1-20-12-6-5-10(8-12)15-14(19)16-7-3-2-4-11(16)9-13(17)18/h10-12H,2-9H2,1H3,(H,15,19)(H,17,18). The third-order valence-electron chi connectivity index (χ3n) is 4.34. The first kappa shape index (κ1) is 15.5. The second-order valence-corrected chi connectivity index (χ2v) is 6.90. The molecule has 6 heteroatoms. The van der Waals surface area contributed by atoms with Gasteiger partial charge in [-0.25, -0.2) is 4.79 Å². The summed E-state index contributed by atoms with van der Waals surface area (Å²) in [5.74, 6) is -0.821. The summed E-state index contributed by atoms with van der Waals surface area (Å²) in [7, 11) is 0. The topological polar surface area (TPSA) is 69.6 Å². The van der Waals surface area contributed by atoms with Gasteiger partial charge in [-0.2, -0.15) is 11.8 Å². The smallest absolute Gasteiger partial charge is 0.317 e. The highest BCUT2D eigenvalue weighted by Gasteiger charge is 2.31. The second kappa shape index (κ2) is 7.20. The van der Waals surface area contributed by atoms with Crippen molar-refractivity contribution < 1.29 is 14.7 Å². The van der Waals surface area contributed by atoms with Crippen LogP contribution < -0.4 is 5.32 Å². The van der Waals surface area contributed by atoms with Crippen LogP contribution in [0.1, 0.15) is 44.9 Å². The minimum Gasteiger partial charge on any atom is -0.481 e. The first-order chi connectivity index (χ1) is 9.60. The Hall–Kier alpha value is -0.910. The third-order valence-corrected chi connectivity index (χ3v) is 5.44. The van der Waals surface area contributed by atoms with Crippen molar-refractivity contribution in [3.8, 4) is 0 Å². The number of piperidine rings is 1. The number of carboxylic acids is 1. The van der Waals surface area contributed by atoms with E-state index in [1.54, 1.807) is 4.90 Å². The predicted octanol–water partition coefficient (Wildman–Crippen LogP) is 2.31. The van der Waals surface area contributed by atoms with Crippen molar-refractivity contribution in [1.29, 1.82) is 0 Å². The number of aliphatic carboxylic acids is 1. The molecular formula is C14H24N2O3S. The minimum atomic E-state index is -0.821. The van der Waals surface area contributed by atoms with Crippen LogP contribution in [-0.4, -0.2) is 52.1 Å². The molecule has 0 spiro atoms. The molecule has 0 radical (unpaired) electrons. The van der Waals surface area contributed by atoms with Crippen molar-refractivity contribution in [2.24, 2.45) is 0 Å². The number of urea groups is 1. The van der Waals surface area contributed by atoms with E-state index in [0.29, 0.717) is 11.8 Å². The largest absolute Gasteiger partial charge is 0.481 e. The van der Waals surface area contributed by atoms with Gasteiger partial charge in [0.05, 0.1) is 6.42 Å². The maximum Gasteiger partial charge on any atom is 0.317 e. The van der Waals surface area contributed by atoms with E-state index in [1.165, 1.54) is 0 Å². The average Bonchev–Trinajstić information content (AvgIpc) is 2.86. The lowest BCUT2D eigenvalue weighted by Crippen LogP contribution is -2.51. The summed E-state index contributed by atoms with van der Waals surface area (Å²) in [6.45, 7) is 0.683. The van der Waals surface area contributed by atoms with Gasteiger partial charge in [-0.1, -0.05) is 0 Å².